The molecular formula is C15H17NO. The van der Waals surface area contributed by atoms with E-state index in [2.05, 4.69) is 18.2 Å². The maximum atomic E-state index is 11.2. The molecule has 0 saturated heterocycles. The normalized spacial score (nSPS) is 23.6. The van der Waals surface area contributed by atoms with Crippen molar-refractivity contribution in [1.82, 2.24) is 4.90 Å². The molecule has 2 rings (SSSR count). The summed E-state index contributed by atoms with van der Waals surface area (Å²) in [6, 6.07) is 10.2. The monoisotopic (exact) mass is 227 g/mol. The van der Waals surface area contributed by atoms with Gasteiger partial charge in [0.05, 0.1) is 5.54 Å². The van der Waals surface area contributed by atoms with Crippen molar-refractivity contribution in [2.45, 2.75) is 12.0 Å². The van der Waals surface area contributed by atoms with Crippen LogP contribution in [0.2, 0.25) is 0 Å². The third-order valence-corrected chi connectivity index (χ3v) is 3.34. The maximum absolute atomic E-state index is 11.2. The minimum atomic E-state index is -0.474. The van der Waals surface area contributed by atoms with Crippen LogP contribution in [0, 0.1) is 0 Å². The van der Waals surface area contributed by atoms with Crippen molar-refractivity contribution in [2.24, 2.45) is 0 Å². The van der Waals surface area contributed by atoms with E-state index in [4.69, 9.17) is 0 Å². The van der Waals surface area contributed by atoms with Crippen LogP contribution in [0.15, 0.2) is 48.6 Å². The summed E-state index contributed by atoms with van der Waals surface area (Å²) in [6.07, 6.45) is 7.89. The highest BCUT2D eigenvalue weighted by atomic mass is 16.1. The number of aldehydes is 1. The van der Waals surface area contributed by atoms with Crippen LogP contribution in [0.4, 0.5) is 0 Å². The van der Waals surface area contributed by atoms with Gasteiger partial charge in [0.2, 0.25) is 0 Å². The summed E-state index contributed by atoms with van der Waals surface area (Å²) in [5.74, 6) is 0. The van der Waals surface area contributed by atoms with Crippen LogP contribution >= 0.6 is 0 Å². The van der Waals surface area contributed by atoms with Gasteiger partial charge in [0, 0.05) is 0 Å². The summed E-state index contributed by atoms with van der Waals surface area (Å²) in [6.45, 7) is 0. The van der Waals surface area contributed by atoms with Crippen LogP contribution < -0.4 is 0 Å². The Hall–Kier alpha value is -1.67. The van der Waals surface area contributed by atoms with E-state index >= 15 is 0 Å². The number of rotatable bonds is 3. The van der Waals surface area contributed by atoms with Crippen molar-refractivity contribution in [1.29, 1.82) is 0 Å². The molecule has 2 nitrogen and oxygen atoms in total. The Balaban J connectivity index is 2.25. The molecular weight excluding hydrogens is 210 g/mol. The molecule has 88 valence electrons. The van der Waals surface area contributed by atoms with Gasteiger partial charge in [-0.25, -0.2) is 0 Å². The van der Waals surface area contributed by atoms with Gasteiger partial charge in [-0.3, -0.25) is 4.90 Å². The van der Waals surface area contributed by atoms with Crippen LogP contribution in [0.5, 0.6) is 0 Å². The van der Waals surface area contributed by atoms with Crippen molar-refractivity contribution < 1.29 is 4.79 Å². The first-order valence-corrected chi connectivity index (χ1v) is 5.76. The molecule has 2 heteroatoms. The molecule has 1 aliphatic rings. The van der Waals surface area contributed by atoms with Gasteiger partial charge in [-0.15, -0.1) is 0 Å². The minimum absolute atomic E-state index is 0.474. The number of allylic oxidation sites excluding steroid dienone is 2. The van der Waals surface area contributed by atoms with Crippen LogP contribution in [-0.2, 0) is 4.79 Å². The predicted molar refractivity (Wildman–Crippen MR) is 70.7 cm³/mol. The summed E-state index contributed by atoms with van der Waals surface area (Å²) in [7, 11) is 3.86. The lowest BCUT2D eigenvalue weighted by atomic mass is 9.87. The number of carbonyl (C=O) groups is 1. The number of hydrogen-bond acceptors (Lipinski definition) is 2. The van der Waals surface area contributed by atoms with Crippen molar-refractivity contribution in [2.75, 3.05) is 14.1 Å². The summed E-state index contributed by atoms with van der Waals surface area (Å²) in [5, 5.41) is 0. The van der Waals surface area contributed by atoms with E-state index in [0.717, 1.165) is 12.7 Å². The first kappa shape index (κ1) is 11.8. The van der Waals surface area contributed by atoms with Gasteiger partial charge in [-0.05, 0) is 31.7 Å². The first-order chi connectivity index (χ1) is 8.18. The smallest absolute Gasteiger partial charge is 0.144 e. The highest BCUT2D eigenvalue weighted by Gasteiger charge is 2.30. The molecule has 0 heterocycles. The molecule has 0 spiro atoms. The molecule has 0 aromatic heterocycles. The molecule has 0 aliphatic heterocycles. The quantitative estimate of drug-likeness (QED) is 0.740. The second-order valence-corrected chi connectivity index (χ2v) is 4.57. The fourth-order valence-electron chi connectivity index (χ4n) is 2.01. The number of nitrogens with zero attached hydrogens (tertiary/aromatic N) is 1. The summed E-state index contributed by atoms with van der Waals surface area (Å²) in [5.41, 5.74) is 1.91. The van der Waals surface area contributed by atoms with E-state index in [1.807, 2.05) is 49.3 Å². The van der Waals surface area contributed by atoms with Gasteiger partial charge < -0.3 is 4.79 Å². The molecule has 0 N–H and O–H groups in total. The fraction of sp³-hybridized carbons (Fsp3) is 0.267. The third-order valence-electron chi connectivity index (χ3n) is 3.34. The van der Waals surface area contributed by atoms with Crippen LogP contribution in [0.25, 0.3) is 5.57 Å². The average molecular weight is 227 g/mol. The van der Waals surface area contributed by atoms with Gasteiger partial charge in [0.25, 0.3) is 0 Å². The van der Waals surface area contributed by atoms with Crippen LogP contribution in [-0.4, -0.2) is 30.8 Å². The van der Waals surface area contributed by atoms with Crippen molar-refractivity contribution in [3.05, 3.63) is 54.1 Å². The van der Waals surface area contributed by atoms with Gasteiger partial charge >= 0.3 is 0 Å². The lowest BCUT2D eigenvalue weighted by Crippen LogP contribution is -2.44. The average Bonchev–Trinajstić information content (AvgIpc) is 2.39. The largest absolute Gasteiger partial charge is 0.301 e. The zero-order chi connectivity index (χ0) is 12.3. The Labute approximate surface area is 102 Å². The molecule has 0 fully saturated rings. The zero-order valence-corrected chi connectivity index (χ0v) is 10.3. The molecule has 0 radical (unpaired) electrons. The first-order valence-electron chi connectivity index (χ1n) is 5.76. The van der Waals surface area contributed by atoms with E-state index in [0.29, 0.717) is 0 Å². The standard InChI is InChI=1S/C15H17NO/c1-16(2)15(12-17)10-8-14(9-11-15)13-6-4-3-5-7-13/h3-10,12H,11H2,1-2H3. The van der Waals surface area contributed by atoms with E-state index in [1.165, 1.54) is 11.1 Å². The molecule has 0 amide bonds. The molecule has 0 bridgehead atoms. The van der Waals surface area contributed by atoms with Crippen LogP contribution in [0.1, 0.15) is 12.0 Å². The van der Waals surface area contributed by atoms with Crippen molar-refractivity contribution in [3.63, 3.8) is 0 Å². The molecule has 1 aliphatic carbocycles. The van der Waals surface area contributed by atoms with Gasteiger partial charge in [0.15, 0.2) is 0 Å². The van der Waals surface area contributed by atoms with E-state index in [1.54, 1.807) is 0 Å². The molecule has 1 aromatic rings. The van der Waals surface area contributed by atoms with Gasteiger partial charge in [0.1, 0.15) is 6.29 Å². The second-order valence-electron chi connectivity index (χ2n) is 4.57. The second kappa shape index (κ2) is 4.68. The zero-order valence-electron chi connectivity index (χ0n) is 10.3. The molecule has 1 aromatic carbocycles. The Morgan fingerprint density at radius 1 is 1.24 bits per heavy atom. The van der Waals surface area contributed by atoms with E-state index in [9.17, 15) is 4.79 Å². The number of carbonyl (C=O) groups excluding carboxylic acids is 1. The SMILES string of the molecule is CN(C)C1(C=O)C=CC(c2ccccc2)=CC1. The summed E-state index contributed by atoms with van der Waals surface area (Å²) >= 11 is 0. The van der Waals surface area contributed by atoms with Crippen molar-refractivity contribution >= 4 is 11.9 Å². The van der Waals surface area contributed by atoms with Gasteiger partial charge in [-0.2, -0.15) is 0 Å². The molecule has 1 unspecified atom stereocenters. The summed E-state index contributed by atoms with van der Waals surface area (Å²) < 4.78 is 0. The Bertz CT molecular complexity index is 459. The Morgan fingerprint density at radius 2 is 1.94 bits per heavy atom. The number of benzene rings is 1. The topological polar surface area (TPSA) is 20.3 Å². The van der Waals surface area contributed by atoms with Crippen LogP contribution in [0.3, 0.4) is 0 Å². The summed E-state index contributed by atoms with van der Waals surface area (Å²) in [4.78, 5) is 13.2. The van der Waals surface area contributed by atoms with Gasteiger partial charge in [-0.1, -0.05) is 48.6 Å². The number of hydrogen-bond donors (Lipinski definition) is 0. The predicted octanol–water partition coefficient (Wildman–Crippen LogP) is 2.53. The highest BCUT2D eigenvalue weighted by Crippen LogP contribution is 2.28. The van der Waals surface area contributed by atoms with Crippen molar-refractivity contribution in [3.8, 4) is 0 Å². The Morgan fingerprint density at radius 3 is 2.41 bits per heavy atom. The molecule has 0 saturated carbocycles. The maximum Gasteiger partial charge on any atom is 0.144 e. The van der Waals surface area contributed by atoms with E-state index < -0.39 is 5.54 Å². The molecule has 17 heavy (non-hydrogen) atoms. The Kier molecular flexibility index (Phi) is 3.25. The lowest BCUT2D eigenvalue weighted by Gasteiger charge is -2.33. The third kappa shape index (κ3) is 2.22. The number of likely N-dealkylation sites (N-methyl/N-ethyl adjacent to an activating group) is 1. The lowest BCUT2D eigenvalue weighted by molar-refractivity contribution is -0.114. The fourth-order valence-corrected chi connectivity index (χ4v) is 2.01. The minimum Gasteiger partial charge on any atom is -0.301 e. The molecule has 1 atom stereocenters. The highest BCUT2D eigenvalue weighted by molar-refractivity contribution is 5.80. The van der Waals surface area contributed by atoms with E-state index in [-0.39, 0.29) is 0 Å².